The lowest BCUT2D eigenvalue weighted by molar-refractivity contribution is -0.118. The van der Waals surface area contributed by atoms with Crippen molar-refractivity contribution in [2.24, 2.45) is 5.14 Å². The summed E-state index contributed by atoms with van der Waals surface area (Å²) in [4.78, 5) is 29.8. The summed E-state index contributed by atoms with van der Waals surface area (Å²) in [7, 11) is -3.79. The van der Waals surface area contributed by atoms with Crippen molar-refractivity contribution in [3.8, 4) is 11.3 Å². The topological polar surface area (TPSA) is 153 Å². The number of rotatable bonds is 12. The van der Waals surface area contributed by atoms with Crippen molar-refractivity contribution >= 4 is 50.3 Å². The molecular weight excluding hydrogens is 526 g/mol. The Morgan fingerprint density at radius 1 is 1.11 bits per heavy atom. The number of carbonyl (C=O) groups excluding carboxylic acids is 2. The van der Waals surface area contributed by atoms with Gasteiger partial charge in [-0.3, -0.25) is 4.79 Å². The minimum Gasteiger partial charge on any atom is -0.445 e. The Labute approximate surface area is 218 Å². The average molecular weight is 552 g/mol. The molecule has 3 aromatic rings. The lowest BCUT2D eigenvalue weighted by Crippen LogP contribution is -2.44. The van der Waals surface area contributed by atoms with Crippen molar-refractivity contribution in [2.75, 3.05) is 11.9 Å². The number of unbranched alkanes of at least 4 members (excludes halogenated alkanes) is 1. The highest BCUT2D eigenvalue weighted by atomic mass is 35.5. The summed E-state index contributed by atoms with van der Waals surface area (Å²) < 4.78 is 29.5. The number of thiazole rings is 1. The molecule has 3 rings (SSSR count). The van der Waals surface area contributed by atoms with Crippen LogP contribution in [0.15, 0.2) is 60.0 Å². The van der Waals surface area contributed by atoms with Crippen LogP contribution in [0.3, 0.4) is 0 Å². The van der Waals surface area contributed by atoms with Gasteiger partial charge >= 0.3 is 6.09 Å². The number of ether oxygens (including phenoxy) is 1. The van der Waals surface area contributed by atoms with Crippen LogP contribution in [0, 0.1) is 0 Å². The van der Waals surface area contributed by atoms with Crippen LogP contribution in [0.1, 0.15) is 24.8 Å². The van der Waals surface area contributed by atoms with Crippen LogP contribution < -0.4 is 20.5 Å². The van der Waals surface area contributed by atoms with Gasteiger partial charge in [0.05, 0.1) is 5.69 Å². The molecule has 0 aliphatic carbocycles. The summed E-state index contributed by atoms with van der Waals surface area (Å²) in [5.74, 6) is -0.469. The molecule has 0 saturated carbocycles. The van der Waals surface area contributed by atoms with Crippen LogP contribution in [0.2, 0.25) is 5.02 Å². The number of hydrogen-bond acceptors (Lipinski definition) is 7. The molecule has 10 nitrogen and oxygen atoms in total. The highest BCUT2D eigenvalue weighted by Crippen LogP contribution is 2.24. The molecule has 5 N–H and O–H groups in total. The predicted molar refractivity (Wildman–Crippen MR) is 140 cm³/mol. The molecule has 1 heterocycles. The molecule has 0 radical (unpaired) electrons. The zero-order chi connectivity index (χ0) is 26.0. The van der Waals surface area contributed by atoms with Gasteiger partial charge in [0.25, 0.3) is 10.2 Å². The summed E-state index contributed by atoms with van der Waals surface area (Å²) >= 11 is 7.21. The van der Waals surface area contributed by atoms with Crippen molar-refractivity contribution < 1.29 is 22.7 Å². The van der Waals surface area contributed by atoms with Gasteiger partial charge in [-0.1, -0.05) is 54.1 Å². The zero-order valence-electron chi connectivity index (χ0n) is 19.1. The number of benzene rings is 2. The largest absolute Gasteiger partial charge is 0.445 e. The number of nitrogens with zero attached hydrogens (tertiary/aromatic N) is 1. The lowest BCUT2D eigenvalue weighted by Gasteiger charge is -2.18. The minimum atomic E-state index is -3.79. The van der Waals surface area contributed by atoms with E-state index in [0.29, 0.717) is 28.6 Å². The van der Waals surface area contributed by atoms with Crippen LogP contribution >= 0.6 is 22.9 Å². The number of aromatic nitrogens is 1. The van der Waals surface area contributed by atoms with E-state index in [4.69, 9.17) is 21.5 Å². The van der Waals surface area contributed by atoms with Gasteiger partial charge < -0.3 is 15.4 Å². The van der Waals surface area contributed by atoms with Crippen molar-refractivity contribution in [1.29, 1.82) is 0 Å². The first-order valence-electron chi connectivity index (χ1n) is 11.0. The van der Waals surface area contributed by atoms with E-state index >= 15 is 0 Å². The number of nitrogens with two attached hydrogens (primary N) is 1. The monoisotopic (exact) mass is 551 g/mol. The molecule has 0 aliphatic heterocycles. The maximum absolute atomic E-state index is 13.0. The second-order valence-corrected chi connectivity index (χ2v) is 10.4. The molecule has 1 atom stereocenters. The number of carbonyl (C=O) groups is 2. The second kappa shape index (κ2) is 13.3. The maximum atomic E-state index is 13.0. The standard InChI is InChI=1S/C23H26ClN5O5S2/c24-18-10-6-7-16(13-18)14-34-23(31)28-19(11-4-5-12-26-36(25,32)33)21(30)29-22-27-20(15-35-22)17-8-2-1-3-9-17/h1-3,6-10,13,15,19,26H,4-5,11-12,14H2,(H,28,31)(H2,25,32,33)(H,27,29,30). The van der Waals surface area contributed by atoms with Crippen molar-refractivity contribution in [3.05, 3.63) is 70.6 Å². The van der Waals surface area contributed by atoms with Crippen molar-refractivity contribution in [1.82, 2.24) is 15.0 Å². The summed E-state index contributed by atoms with van der Waals surface area (Å²) in [6.45, 7) is 0.0885. The van der Waals surface area contributed by atoms with Gasteiger partial charge in [0.1, 0.15) is 12.6 Å². The number of alkyl carbamates (subject to hydrolysis) is 1. The fourth-order valence-electron chi connectivity index (χ4n) is 3.18. The molecule has 2 aromatic carbocycles. The third-order valence-corrected chi connectivity index (χ3v) is 6.49. The Morgan fingerprint density at radius 2 is 1.89 bits per heavy atom. The van der Waals surface area contributed by atoms with Gasteiger partial charge in [-0.2, -0.15) is 8.42 Å². The normalized spacial score (nSPS) is 12.1. The molecule has 192 valence electrons. The fourth-order valence-corrected chi connectivity index (χ4v) is 4.55. The summed E-state index contributed by atoms with van der Waals surface area (Å²) in [6.07, 6.45) is 0.306. The molecule has 0 spiro atoms. The second-order valence-electron chi connectivity index (χ2n) is 7.73. The van der Waals surface area contributed by atoms with E-state index in [-0.39, 0.29) is 19.6 Å². The lowest BCUT2D eigenvalue weighted by atomic mass is 10.1. The van der Waals surface area contributed by atoms with E-state index < -0.39 is 28.3 Å². The van der Waals surface area contributed by atoms with Crippen LogP contribution in [-0.2, 0) is 26.3 Å². The van der Waals surface area contributed by atoms with E-state index in [0.717, 1.165) is 11.3 Å². The third kappa shape index (κ3) is 9.55. The Bertz CT molecular complexity index is 1270. The number of halogens is 1. The van der Waals surface area contributed by atoms with Gasteiger partial charge in [0, 0.05) is 22.5 Å². The smallest absolute Gasteiger partial charge is 0.408 e. The van der Waals surface area contributed by atoms with Gasteiger partial charge in [0.15, 0.2) is 5.13 Å². The number of hydrogen-bond donors (Lipinski definition) is 4. The Morgan fingerprint density at radius 3 is 2.61 bits per heavy atom. The molecular formula is C23H26ClN5O5S2. The van der Waals surface area contributed by atoms with E-state index in [1.807, 2.05) is 35.7 Å². The minimum absolute atomic E-state index is 0.0219. The molecule has 0 saturated heterocycles. The third-order valence-electron chi connectivity index (χ3n) is 4.89. The fraction of sp³-hybridized carbons (Fsp3) is 0.261. The van der Waals surface area contributed by atoms with E-state index in [1.54, 1.807) is 24.3 Å². The number of anilines is 1. The first kappa shape index (κ1) is 27.6. The summed E-state index contributed by atoms with van der Waals surface area (Å²) in [5, 5.41) is 13.0. The van der Waals surface area contributed by atoms with Crippen LogP contribution in [0.5, 0.6) is 0 Å². The molecule has 2 amide bonds. The summed E-state index contributed by atoms with van der Waals surface area (Å²) in [5.41, 5.74) is 2.33. The van der Waals surface area contributed by atoms with Gasteiger partial charge in [-0.25, -0.2) is 19.6 Å². The van der Waals surface area contributed by atoms with E-state index in [1.165, 1.54) is 11.3 Å². The first-order chi connectivity index (χ1) is 17.2. The average Bonchev–Trinajstić information content (AvgIpc) is 3.30. The van der Waals surface area contributed by atoms with Crippen molar-refractivity contribution in [3.63, 3.8) is 0 Å². The molecule has 0 fully saturated rings. The Hall–Kier alpha value is -3.03. The van der Waals surface area contributed by atoms with Gasteiger partial charge in [-0.15, -0.1) is 11.3 Å². The van der Waals surface area contributed by atoms with E-state index in [9.17, 15) is 18.0 Å². The molecule has 0 bridgehead atoms. The van der Waals surface area contributed by atoms with Crippen LogP contribution in [-0.4, -0.2) is 38.0 Å². The Kier molecular flexibility index (Phi) is 10.2. The Balaban J connectivity index is 1.59. The first-order valence-corrected chi connectivity index (χ1v) is 13.8. The maximum Gasteiger partial charge on any atom is 0.408 e. The molecule has 1 unspecified atom stereocenters. The zero-order valence-corrected chi connectivity index (χ0v) is 21.5. The molecule has 0 aliphatic rings. The molecule has 13 heteroatoms. The van der Waals surface area contributed by atoms with E-state index in [2.05, 4.69) is 20.3 Å². The highest BCUT2D eigenvalue weighted by molar-refractivity contribution is 7.87. The molecule has 36 heavy (non-hydrogen) atoms. The molecule has 1 aromatic heterocycles. The van der Waals surface area contributed by atoms with Crippen molar-refractivity contribution in [2.45, 2.75) is 31.9 Å². The van der Waals surface area contributed by atoms with Gasteiger partial charge in [-0.05, 0) is 37.0 Å². The van der Waals surface area contributed by atoms with Crippen LogP contribution in [0.4, 0.5) is 9.93 Å². The number of nitrogens with one attached hydrogen (secondary N) is 3. The van der Waals surface area contributed by atoms with Crippen LogP contribution in [0.25, 0.3) is 11.3 Å². The SMILES string of the molecule is NS(=O)(=O)NCCCCC(NC(=O)OCc1cccc(Cl)c1)C(=O)Nc1nc(-c2ccccc2)cs1. The predicted octanol–water partition coefficient (Wildman–Crippen LogP) is 3.66. The summed E-state index contributed by atoms with van der Waals surface area (Å²) in [6, 6.07) is 15.5. The number of amides is 2. The highest BCUT2D eigenvalue weighted by Gasteiger charge is 2.22. The quantitative estimate of drug-likeness (QED) is 0.252. The van der Waals surface area contributed by atoms with Gasteiger partial charge in [0.2, 0.25) is 5.91 Å².